The smallest absolute Gasteiger partial charge is 0.417 e. The summed E-state index contributed by atoms with van der Waals surface area (Å²) in [5.41, 5.74) is 0.688. The molecule has 0 aromatic heterocycles. The number of amides is 2. The number of benzene rings is 2. The number of hydrogen-bond acceptors (Lipinski definition) is 5. The van der Waals surface area contributed by atoms with Gasteiger partial charge in [-0.15, -0.1) is 0 Å². The van der Waals surface area contributed by atoms with E-state index >= 15 is 0 Å². The SMILES string of the molecule is COC(=O)[C@@]1(C(F)(F)F)C[C@H]2C(=C(c3ccc(C)cc3)C[C@H]3C(=O)N(c4ccccc4)C(=O)[C@H]32)CN1C. The molecule has 0 spiro atoms. The maximum atomic E-state index is 14.6. The Morgan fingerprint density at radius 3 is 2.24 bits per heavy atom. The van der Waals surface area contributed by atoms with Crippen molar-refractivity contribution >= 4 is 29.0 Å². The molecule has 0 radical (unpaired) electrons. The molecule has 2 aromatic rings. The first-order chi connectivity index (χ1) is 17.5. The third-order valence-electron chi connectivity index (χ3n) is 8.15. The van der Waals surface area contributed by atoms with E-state index in [-0.39, 0.29) is 13.0 Å². The molecule has 3 aliphatic rings. The highest BCUT2D eigenvalue weighted by Gasteiger charge is 2.69. The molecule has 2 saturated heterocycles. The molecule has 194 valence electrons. The zero-order chi connectivity index (χ0) is 26.7. The van der Waals surface area contributed by atoms with Crippen LogP contribution in [0, 0.1) is 24.7 Å². The molecule has 2 heterocycles. The molecule has 2 amide bonds. The summed E-state index contributed by atoms with van der Waals surface area (Å²) in [6, 6.07) is 16.0. The van der Waals surface area contributed by atoms with Crippen molar-refractivity contribution < 1.29 is 32.3 Å². The van der Waals surface area contributed by atoms with Crippen molar-refractivity contribution in [2.75, 3.05) is 25.6 Å². The summed E-state index contributed by atoms with van der Waals surface area (Å²) in [6.07, 6.45) is -5.42. The number of piperidine rings is 1. The molecule has 6 nitrogen and oxygen atoms in total. The molecular weight excluding hydrogens is 485 g/mol. The number of aryl methyl sites for hydroxylation is 1. The van der Waals surface area contributed by atoms with Crippen LogP contribution in [0.1, 0.15) is 24.0 Å². The van der Waals surface area contributed by atoms with E-state index < -0.39 is 53.7 Å². The molecule has 0 unspecified atom stereocenters. The minimum Gasteiger partial charge on any atom is -0.467 e. The van der Waals surface area contributed by atoms with Crippen molar-refractivity contribution in [2.24, 2.45) is 17.8 Å². The largest absolute Gasteiger partial charge is 0.467 e. The minimum atomic E-state index is -4.96. The van der Waals surface area contributed by atoms with E-state index in [0.29, 0.717) is 11.3 Å². The Bertz CT molecular complexity index is 1290. The van der Waals surface area contributed by atoms with Gasteiger partial charge in [0.2, 0.25) is 17.4 Å². The van der Waals surface area contributed by atoms with Gasteiger partial charge in [0, 0.05) is 6.54 Å². The number of rotatable bonds is 3. The van der Waals surface area contributed by atoms with Gasteiger partial charge in [-0.05, 0) is 61.6 Å². The summed E-state index contributed by atoms with van der Waals surface area (Å²) < 4.78 is 48.6. The lowest BCUT2D eigenvalue weighted by molar-refractivity contribution is -0.245. The van der Waals surface area contributed by atoms with E-state index in [2.05, 4.69) is 4.74 Å². The summed E-state index contributed by atoms with van der Waals surface area (Å²) in [5, 5.41) is 0. The van der Waals surface area contributed by atoms with Gasteiger partial charge in [0.15, 0.2) is 0 Å². The zero-order valence-corrected chi connectivity index (χ0v) is 20.7. The quantitative estimate of drug-likeness (QED) is 0.451. The molecule has 37 heavy (non-hydrogen) atoms. The van der Waals surface area contributed by atoms with Crippen LogP contribution < -0.4 is 4.90 Å². The fourth-order valence-electron chi connectivity index (χ4n) is 6.28. The Labute approximate surface area is 212 Å². The van der Waals surface area contributed by atoms with E-state index in [0.717, 1.165) is 33.6 Å². The number of likely N-dealkylation sites (tertiary alicyclic amines) is 1. The molecule has 2 aliphatic heterocycles. The van der Waals surface area contributed by atoms with Gasteiger partial charge in [-0.3, -0.25) is 19.4 Å². The van der Waals surface area contributed by atoms with Crippen molar-refractivity contribution in [2.45, 2.75) is 31.5 Å². The number of imide groups is 1. The number of nitrogens with zero attached hydrogens (tertiary/aromatic N) is 2. The van der Waals surface area contributed by atoms with E-state index in [1.807, 2.05) is 31.2 Å². The predicted molar refractivity (Wildman–Crippen MR) is 130 cm³/mol. The van der Waals surface area contributed by atoms with E-state index in [1.54, 1.807) is 30.3 Å². The van der Waals surface area contributed by atoms with Crippen LogP contribution in [0.4, 0.5) is 18.9 Å². The van der Waals surface area contributed by atoms with Gasteiger partial charge in [-0.1, -0.05) is 48.0 Å². The molecule has 0 saturated carbocycles. The van der Waals surface area contributed by atoms with Gasteiger partial charge < -0.3 is 4.74 Å². The molecule has 4 atom stereocenters. The maximum Gasteiger partial charge on any atom is 0.417 e. The van der Waals surface area contributed by atoms with Crippen molar-refractivity contribution in [3.05, 3.63) is 71.3 Å². The number of para-hydroxylation sites is 1. The van der Waals surface area contributed by atoms with E-state index in [9.17, 15) is 27.6 Å². The van der Waals surface area contributed by atoms with Crippen LogP contribution in [-0.4, -0.2) is 55.1 Å². The van der Waals surface area contributed by atoms with E-state index in [1.165, 1.54) is 7.05 Å². The molecule has 2 fully saturated rings. The van der Waals surface area contributed by atoms with Crippen molar-refractivity contribution in [1.82, 2.24) is 4.90 Å². The van der Waals surface area contributed by atoms with Crippen LogP contribution in [0.2, 0.25) is 0 Å². The number of carbonyl (C=O) groups is 3. The second-order valence-electron chi connectivity index (χ2n) is 10.1. The number of esters is 1. The maximum absolute atomic E-state index is 14.6. The number of allylic oxidation sites excluding steroid dienone is 1. The second-order valence-corrected chi connectivity index (χ2v) is 10.1. The first kappa shape index (κ1) is 25.2. The number of carbonyl (C=O) groups excluding carboxylic acids is 3. The van der Waals surface area contributed by atoms with Gasteiger partial charge in [-0.2, -0.15) is 13.2 Å². The highest BCUT2D eigenvalue weighted by atomic mass is 19.4. The molecule has 9 heteroatoms. The molecule has 1 aliphatic carbocycles. The predicted octanol–water partition coefficient (Wildman–Crippen LogP) is 4.38. The van der Waals surface area contributed by atoms with Gasteiger partial charge in [0.1, 0.15) is 0 Å². The summed E-state index contributed by atoms with van der Waals surface area (Å²) in [7, 11) is 2.18. The van der Waals surface area contributed by atoms with Crippen LogP contribution in [0.25, 0.3) is 5.57 Å². The normalized spacial score (nSPS) is 28.3. The number of ether oxygens (including phenoxy) is 1. The highest BCUT2D eigenvalue weighted by Crippen LogP contribution is 2.56. The van der Waals surface area contributed by atoms with Crippen molar-refractivity contribution in [1.29, 1.82) is 0 Å². The lowest BCUT2D eigenvalue weighted by Crippen LogP contribution is -2.67. The van der Waals surface area contributed by atoms with Gasteiger partial charge in [0.05, 0.1) is 24.6 Å². The lowest BCUT2D eigenvalue weighted by atomic mass is 9.62. The average Bonchev–Trinajstić information content (AvgIpc) is 3.12. The fraction of sp³-hybridized carbons (Fsp3) is 0.393. The van der Waals surface area contributed by atoms with Crippen LogP contribution in [0.15, 0.2) is 60.2 Å². The van der Waals surface area contributed by atoms with Crippen LogP contribution in [0.3, 0.4) is 0 Å². The number of fused-ring (bicyclic) bond motifs is 3. The summed E-state index contributed by atoms with van der Waals surface area (Å²) in [6.45, 7) is 1.75. The molecular formula is C28H27F3N2O4. The monoisotopic (exact) mass is 512 g/mol. The molecule has 5 rings (SSSR count). The summed E-state index contributed by atoms with van der Waals surface area (Å²) in [5.74, 6) is -5.17. The molecule has 2 aromatic carbocycles. The lowest BCUT2D eigenvalue weighted by Gasteiger charge is -2.50. The zero-order valence-electron chi connectivity index (χ0n) is 20.7. The van der Waals surface area contributed by atoms with Gasteiger partial charge in [-0.25, -0.2) is 4.79 Å². The second kappa shape index (κ2) is 8.83. The standard InChI is InChI=1S/C28H27F3N2O4/c1-16-9-11-17(12-10-16)19-13-20-23(25(35)33(24(20)34)18-7-5-4-6-8-18)21-14-27(26(36)37-3,28(29,30)31)32(2)15-22(19)21/h4-12,20-21,23H,13-15H2,1-3H3/t20-,21+,23-,27-/m1/s1. The average molecular weight is 513 g/mol. The fourth-order valence-corrected chi connectivity index (χ4v) is 6.28. The number of anilines is 1. The highest BCUT2D eigenvalue weighted by molar-refractivity contribution is 6.23. The first-order valence-corrected chi connectivity index (χ1v) is 12.1. The van der Waals surface area contributed by atoms with Gasteiger partial charge in [0.25, 0.3) is 0 Å². The molecule has 0 bridgehead atoms. The minimum absolute atomic E-state index is 0.182. The Kier molecular flexibility index (Phi) is 6.02. The number of halogens is 3. The third kappa shape index (κ3) is 3.70. The Morgan fingerprint density at radius 1 is 1.00 bits per heavy atom. The third-order valence-corrected chi connectivity index (χ3v) is 8.15. The van der Waals surface area contributed by atoms with Crippen LogP contribution in [-0.2, 0) is 19.1 Å². The van der Waals surface area contributed by atoms with Crippen molar-refractivity contribution in [3.8, 4) is 0 Å². The number of hydrogen-bond donors (Lipinski definition) is 0. The topological polar surface area (TPSA) is 66.9 Å². The van der Waals surface area contributed by atoms with E-state index in [4.69, 9.17) is 0 Å². The Balaban J connectivity index is 1.68. The van der Waals surface area contributed by atoms with Crippen LogP contribution >= 0.6 is 0 Å². The number of alkyl halides is 3. The van der Waals surface area contributed by atoms with Gasteiger partial charge >= 0.3 is 12.1 Å². The Morgan fingerprint density at radius 2 is 1.65 bits per heavy atom. The first-order valence-electron chi connectivity index (χ1n) is 12.1. The summed E-state index contributed by atoms with van der Waals surface area (Å²) in [4.78, 5) is 42.2. The number of methoxy groups -OCH3 is 1. The number of likely N-dealkylation sites (N-methyl/N-ethyl adjacent to an activating group) is 1. The van der Waals surface area contributed by atoms with Crippen LogP contribution in [0.5, 0.6) is 0 Å². The van der Waals surface area contributed by atoms with Crippen molar-refractivity contribution in [3.63, 3.8) is 0 Å². The molecule has 0 N–H and O–H groups in total. The summed E-state index contributed by atoms with van der Waals surface area (Å²) >= 11 is 0. The Hall–Kier alpha value is -3.46.